The van der Waals surface area contributed by atoms with Crippen molar-refractivity contribution in [1.82, 2.24) is 14.8 Å². The highest BCUT2D eigenvalue weighted by Crippen LogP contribution is 2.33. The van der Waals surface area contributed by atoms with Crippen LogP contribution in [-0.4, -0.2) is 40.6 Å². The molecule has 1 N–H and O–H groups in total. The average Bonchev–Trinajstić information content (AvgIpc) is 3.21. The summed E-state index contributed by atoms with van der Waals surface area (Å²) in [7, 11) is 3.21. The second-order valence-corrected chi connectivity index (χ2v) is 7.86. The maximum atomic E-state index is 12.6. The number of nitrogens with zero attached hydrogens (tertiary/aromatic N) is 3. The maximum Gasteiger partial charge on any atom is 0.234 e. The minimum Gasteiger partial charge on any atom is -0.493 e. The van der Waals surface area contributed by atoms with Gasteiger partial charge >= 0.3 is 0 Å². The number of aromatic nitrogens is 3. The molecule has 3 rings (SSSR count). The van der Waals surface area contributed by atoms with Gasteiger partial charge in [0.05, 0.1) is 20.0 Å². The third-order valence-corrected chi connectivity index (χ3v) is 5.98. The summed E-state index contributed by atoms with van der Waals surface area (Å²) in [6.07, 6.45) is 0.864. The monoisotopic (exact) mass is 440 g/mol. The highest BCUT2D eigenvalue weighted by molar-refractivity contribution is 7.99. The van der Waals surface area contributed by atoms with Crippen molar-refractivity contribution >= 4 is 23.4 Å². The smallest absolute Gasteiger partial charge is 0.234 e. The quantitative estimate of drug-likeness (QED) is 0.491. The van der Waals surface area contributed by atoms with Crippen molar-refractivity contribution in [3.8, 4) is 22.9 Å². The zero-order valence-corrected chi connectivity index (χ0v) is 19.4. The summed E-state index contributed by atoms with van der Waals surface area (Å²) in [6, 6.07) is 11.7. The Labute approximate surface area is 187 Å². The molecule has 0 atom stereocenters. The van der Waals surface area contributed by atoms with Crippen molar-refractivity contribution in [1.29, 1.82) is 0 Å². The Hall–Kier alpha value is -3.00. The molecule has 0 unspecified atom stereocenters. The van der Waals surface area contributed by atoms with Gasteiger partial charge in [-0.05, 0) is 49.6 Å². The molecule has 0 bridgehead atoms. The first-order valence-electron chi connectivity index (χ1n) is 10.2. The number of nitrogens with one attached hydrogen (secondary N) is 1. The Balaban J connectivity index is 1.75. The molecule has 164 valence electrons. The number of anilines is 1. The van der Waals surface area contributed by atoms with E-state index in [1.807, 2.05) is 54.8 Å². The van der Waals surface area contributed by atoms with Gasteiger partial charge in [-0.25, -0.2) is 0 Å². The number of aryl methyl sites for hydroxylation is 2. The lowest BCUT2D eigenvalue weighted by Crippen LogP contribution is -2.16. The second kappa shape index (κ2) is 10.3. The minimum atomic E-state index is -0.0627. The first kappa shape index (κ1) is 22.7. The molecule has 1 heterocycles. The lowest BCUT2D eigenvalue weighted by atomic mass is 10.1. The molecule has 0 fully saturated rings. The third kappa shape index (κ3) is 5.02. The maximum absolute atomic E-state index is 12.6. The molecule has 0 spiro atoms. The molecule has 3 aromatic rings. The van der Waals surface area contributed by atoms with Crippen molar-refractivity contribution in [3.63, 3.8) is 0 Å². The van der Waals surface area contributed by atoms with Gasteiger partial charge in [0.15, 0.2) is 22.5 Å². The van der Waals surface area contributed by atoms with Crippen LogP contribution in [0.5, 0.6) is 11.5 Å². The lowest BCUT2D eigenvalue weighted by molar-refractivity contribution is -0.113. The van der Waals surface area contributed by atoms with Crippen LogP contribution >= 0.6 is 11.8 Å². The van der Waals surface area contributed by atoms with Gasteiger partial charge in [-0.1, -0.05) is 36.9 Å². The molecule has 1 aromatic heterocycles. The number of benzene rings is 2. The summed E-state index contributed by atoms with van der Waals surface area (Å²) in [5.74, 6) is 2.19. The molecule has 2 aromatic carbocycles. The van der Waals surface area contributed by atoms with Crippen molar-refractivity contribution in [3.05, 3.63) is 47.5 Å². The van der Waals surface area contributed by atoms with Crippen molar-refractivity contribution in [2.75, 3.05) is 25.3 Å². The van der Waals surface area contributed by atoms with E-state index in [4.69, 9.17) is 9.47 Å². The number of amides is 1. The summed E-state index contributed by atoms with van der Waals surface area (Å²) in [5.41, 5.74) is 3.96. The third-order valence-electron chi connectivity index (χ3n) is 5.01. The molecule has 0 aliphatic rings. The van der Waals surface area contributed by atoms with Crippen LogP contribution in [-0.2, 0) is 17.8 Å². The molecule has 31 heavy (non-hydrogen) atoms. The highest BCUT2D eigenvalue weighted by atomic mass is 32.2. The molecule has 8 heteroatoms. The normalized spacial score (nSPS) is 10.7. The molecule has 0 radical (unpaired) electrons. The summed E-state index contributed by atoms with van der Waals surface area (Å²) in [5, 5.41) is 12.4. The highest BCUT2D eigenvalue weighted by Gasteiger charge is 2.17. The summed E-state index contributed by atoms with van der Waals surface area (Å²) in [6.45, 7) is 6.79. The van der Waals surface area contributed by atoms with Gasteiger partial charge in [0, 0.05) is 17.8 Å². The Kier molecular flexibility index (Phi) is 7.57. The van der Waals surface area contributed by atoms with Crippen LogP contribution < -0.4 is 14.8 Å². The zero-order valence-electron chi connectivity index (χ0n) is 18.6. The molecule has 7 nitrogen and oxygen atoms in total. The SMILES string of the molecule is CCc1cccc(C)c1NC(=O)CSc1nnc(-c2ccc(OC)c(OC)c2)n1CC. The molecule has 1 amide bonds. The van der Waals surface area contributed by atoms with Gasteiger partial charge in [0.2, 0.25) is 5.91 Å². The van der Waals surface area contributed by atoms with E-state index in [-0.39, 0.29) is 11.7 Å². The predicted molar refractivity (Wildman–Crippen MR) is 124 cm³/mol. The van der Waals surface area contributed by atoms with E-state index < -0.39 is 0 Å². The Morgan fingerprint density at radius 3 is 2.55 bits per heavy atom. The fourth-order valence-corrected chi connectivity index (χ4v) is 4.18. The number of hydrogen-bond donors (Lipinski definition) is 1. The number of hydrogen-bond acceptors (Lipinski definition) is 6. The molecule has 0 aliphatic carbocycles. The van der Waals surface area contributed by atoms with E-state index in [1.54, 1.807) is 14.2 Å². The molecule has 0 aliphatic heterocycles. The van der Waals surface area contributed by atoms with Gasteiger partial charge in [-0.15, -0.1) is 10.2 Å². The van der Waals surface area contributed by atoms with E-state index >= 15 is 0 Å². The van der Waals surface area contributed by atoms with Crippen LogP contribution in [0.2, 0.25) is 0 Å². The van der Waals surface area contributed by atoms with Gasteiger partial charge in [0.25, 0.3) is 0 Å². The number of methoxy groups -OCH3 is 2. The van der Waals surface area contributed by atoms with Crippen LogP contribution in [0.4, 0.5) is 5.69 Å². The number of carbonyl (C=O) groups is 1. The van der Waals surface area contributed by atoms with Gasteiger partial charge in [-0.2, -0.15) is 0 Å². The van der Waals surface area contributed by atoms with E-state index in [0.717, 1.165) is 34.6 Å². The second-order valence-electron chi connectivity index (χ2n) is 6.92. The fraction of sp³-hybridized carbons (Fsp3) is 0.348. The predicted octanol–water partition coefficient (Wildman–Crippen LogP) is 4.58. The molecule has 0 saturated carbocycles. The van der Waals surface area contributed by atoms with Crippen LogP contribution in [0.25, 0.3) is 11.4 Å². The fourth-order valence-electron chi connectivity index (χ4n) is 3.38. The zero-order chi connectivity index (χ0) is 22.4. The Bertz CT molecular complexity index is 1060. The van der Waals surface area contributed by atoms with E-state index in [9.17, 15) is 4.79 Å². The van der Waals surface area contributed by atoms with Crippen molar-refractivity contribution < 1.29 is 14.3 Å². The first-order valence-corrected chi connectivity index (χ1v) is 11.2. The van der Waals surface area contributed by atoms with Crippen LogP contribution in [0.3, 0.4) is 0 Å². The summed E-state index contributed by atoms with van der Waals surface area (Å²) >= 11 is 1.37. The van der Waals surface area contributed by atoms with Crippen LogP contribution in [0.15, 0.2) is 41.6 Å². The van der Waals surface area contributed by atoms with E-state index in [1.165, 1.54) is 11.8 Å². The standard InChI is InChI=1S/C23H28N4O3S/c1-6-16-10-8-9-15(3)21(16)24-20(28)14-31-23-26-25-22(27(23)7-2)17-11-12-18(29-4)19(13-17)30-5/h8-13H,6-7,14H2,1-5H3,(H,24,28). The van der Waals surface area contributed by atoms with Crippen molar-refractivity contribution in [2.45, 2.75) is 38.9 Å². The first-order chi connectivity index (χ1) is 15.0. The van der Waals surface area contributed by atoms with Gasteiger partial charge in [0.1, 0.15) is 0 Å². The Morgan fingerprint density at radius 2 is 1.87 bits per heavy atom. The van der Waals surface area contributed by atoms with E-state index in [2.05, 4.69) is 22.4 Å². The number of rotatable bonds is 9. The summed E-state index contributed by atoms with van der Waals surface area (Å²) in [4.78, 5) is 12.6. The average molecular weight is 441 g/mol. The Morgan fingerprint density at radius 1 is 1.10 bits per heavy atom. The van der Waals surface area contributed by atoms with Crippen LogP contribution in [0, 0.1) is 6.92 Å². The number of para-hydroxylation sites is 1. The van der Waals surface area contributed by atoms with Crippen LogP contribution in [0.1, 0.15) is 25.0 Å². The minimum absolute atomic E-state index is 0.0627. The van der Waals surface area contributed by atoms with Crippen molar-refractivity contribution in [2.24, 2.45) is 0 Å². The summed E-state index contributed by atoms with van der Waals surface area (Å²) < 4.78 is 12.7. The van der Waals surface area contributed by atoms with Gasteiger partial charge < -0.3 is 19.4 Å². The molecular formula is C23H28N4O3S. The molecular weight excluding hydrogens is 412 g/mol. The number of carbonyl (C=O) groups excluding carboxylic acids is 1. The largest absolute Gasteiger partial charge is 0.493 e. The number of thioether (sulfide) groups is 1. The molecule has 0 saturated heterocycles. The number of ether oxygens (including phenoxy) is 2. The van der Waals surface area contributed by atoms with E-state index in [0.29, 0.717) is 23.2 Å². The van der Waals surface area contributed by atoms with Gasteiger partial charge in [-0.3, -0.25) is 4.79 Å². The lowest BCUT2D eigenvalue weighted by Gasteiger charge is -2.13. The topological polar surface area (TPSA) is 78.3 Å².